The van der Waals surface area contributed by atoms with Crippen LogP contribution in [0.1, 0.15) is 13.3 Å². The van der Waals surface area contributed by atoms with Crippen molar-refractivity contribution in [1.82, 2.24) is 9.80 Å². The third-order valence-electron chi connectivity index (χ3n) is 3.38. The third kappa shape index (κ3) is 2.14. The molecule has 0 aromatic rings. The average Bonchev–Trinajstić information content (AvgIpc) is 2.84. The first-order valence-electron chi connectivity index (χ1n) is 5.45. The fraction of sp³-hybridized carbons (Fsp3) is 0.900. The highest BCUT2D eigenvalue weighted by Crippen LogP contribution is 2.30. The average molecular weight is 230 g/mol. The zero-order chi connectivity index (χ0) is 10.8. The minimum Gasteiger partial charge on any atom is -0.335 e. The van der Waals surface area contributed by atoms with Gasteiger partial charge >= 0.3 is 0 Å². The fourth-order valence-corrected chi connectivity index (χ4v) is 2.85. The van der Waals surface area contributed by atoms with E-state index in [2.05, 4.69) is 11.8 Å². The summed E-state index contributed by atoms with van der Waals surface area (Å²) in [5, 5.41) is 0. The lowest BCUT2D eigenvalue weighted by atomic mass is 10.2. The van der Waals surface area contributed by atoms with Crippen LogP contribution in [-0.2, 0) is 8.98 Å². The number of hydrogen-bond donors (Lipinski definition) is 0. The standard InChI is InChI=1S/C10H18N2O2S/c1-3-11-5-9-4-8(11)6-12(9)10(13)7-14-15-2/h8-9H,3-7H2,1-2H3. The van der Waals surface area contributed by atoms with E-state index in [1.807, 2.05) is 11.2 Å². The van der Waals surface area contributed by atoms with Crippen LogP contribution in [0.25, 0.3) is 0 Å². The number of hydrogen-bond acceptors (Lipinski definition) is 4. The van der Waals surface area contributed by atoms with Crippen LogP contribution in [0.15, 0.2) is 0 Å². The Morgan fingerprint density at radius 2 is 2.27 bits per heavy atom. The fourth-order valence-electron chi connectivity index (χ4n) is 2.63. The predicted octanol–water partition coefficient (Wildman–Crippen LogP) is 0.586. The summed E-state index contributed by atoms with van der Waals surface area (Å²) < 4.78 is 5.08. The van der Waals surface area contributed by atoms with Crippen molar-refractivity contribution in [3.63, 3.8) is 0 Å². The molecular weight excluding hydrogens is 212 g/mol. The van der Waals surface area contributed by atoms with Crippen molar-refractivity contribution in [2.24, 2.45) is 0 Å². The monoisotopic (exact) mass is 230 g/mol. The number of nitrogens with zero attached hydrogens (tertiary/aromatic N) is 2. The van der Waals surface area contributed by atoms with Crippen molar-refractivity contribution in [3.05, 3.63) is 0 Å². The minimum absolute atomic E-state index is 0.146. The van der Waals surface area contributed by atoms with E-state index in [0.29, 0.717) is 12.1 Å². The van der Waals surface area contributed by atoms with E-state index in [4.69, 9.17) is 4.18 Å². The first-order chi connectivity index (χ1) is 7.26. The second-order valence-electron chi connectivity index (χ2n) is 4.11. The Bertz CT molecular complexity index is 250. The van der Waals surface area contributed by atoms with E-state index < -0.39 is 0 Å². The van der Waals surface area contributed by atoms with Gasteiger partial charge in [-0.3, -0.25) is 9.69 Å². The van der Waals surface area contributed by atoms with Crippen LogP contribution in [-0.4, -0.2) is 60.3 Å². The molecule has 0 saturated carbocycles. The number of rotatable bonds is 4. The summed E-state index contributed by atoms with van der Waals surface area (Å²) in [4.78, 5) is 16.2. The Hall–Kier alpha value is -0.260. The minimum atomic E-state index is 0.146. The van der Waals surface area contributed by atoms with Gasteiger partial charge < -0.3 is 9.08 Å². The lowest BCUT2D eigenvalue weighted by molar-refractivity contribution is -0.135. The smallest absolute Gasteiger partial charge is 0.250 e. The summed E-state index contributed by atoms with van der Waals surface area (Å²) >= 11 is 1.26. The molecule has 2 fully saturated rings. The second-order valence-corrected chi connectivity index (χ2v) is 4.67. The second kappa shape index (κ2) is 4.72. The number of piperazine rings is 1. The van der Waals surface area contributed by atoms with Crippen LogP contribution in [0.2, 0.25) is 0 Å². The predicted molar refractivity (Wildman–Crippen MR) is 60.6 cm³/mol. The molecule has 4 nitrogen and oxygen atoms in total. The maximum absolute atomic E-state index is 11.8. The largest absolute Gasteiger partial charge is 0.335 e. The highest BCUT2D eigenvalue weighted by Gasteiger charge is 2.44. The molecule has 15 heavy (non-hydrogen) atoms. The molecule has 2 atom stereocenters. The van der Waals surface area contributed by atoms with Crippen LogP contribution in [0.3, 0.4) is 0 Å². The van der Waals surface area contributed by atoms with Gasteiger partial charge in [0, 0.05) is 31.4 Å². The molecule has 2 aliphatic rings. The zero-order valence-corrected chi connectivity index (χ0v) is 10.1. The van der Waals surface area contributed by atoms with E-state index in [9.17, 15) is 4.79 Å². The molecule has 0 spiro atoms. The van der Waals surface area contributed by atoms with Crippen molar-refractivity contribution in [2.75, 3.05) is 32.5 Å². The summed E-state index contributed by atoms with van der Waals surface area (Å²) in [6.07, 6.45) is 2.99. The van der Waals surface area contributed by atoms with Crippen LogP contribution in [0.5, 0.6) is 0 Å². The summed E-state index contributed by atoms with van der Waals surface area (Å²) in [6.45, 7) is 5.45. The first kappa shape index (κ1) is 11.2. The van der Waals surface area contributed by atoms with Gasteiger partial charge in [0.05, 0.1) is 0 Å². The van der Waals surface area contributed by atoms with Crippen LogP contribution < -0.4 is 0 Å². The molecular formula is C10H18N2O2S. The molecule has 0 N–H and O–H groups in total. The lowest BCUT2D eigenvalue weighted by Crippen LogP contribution is -2.49. The summed E-state index contributed by atoms with van der Waals surface area (Å²) in [5.74, 6) is 0.146. The topological polar surface area (TPSA) is 32.8 Å². The Balaban J connectivity index is 1.86. The summed E-state index contributed by atoms with van der Waals surface area (Å²) in [6, 6.07) is 1.03. The van der Waals surface area contributed by atoms with Gasteiger partial charge in [0.2, 0.25) is 5.91 Å². The van der Waals surface area contributed by atoms with E-state index in [-0.39, 0.29) is 12.5 Å². The Labute approximate surface area is 95.1 Å². The summed E-state index contributed by atoms with van der Waals surface area (Å²) in [5.41, 5.74) is 0. The highest BCUT2D eigenvalue weighted by molar-refractivity contribution is 7.93. The molecule has 0 radical (unpaired) electrons. The van der Waals surface area contributed by atoms with Crippen molar-refractivity contribution < 1.29 is 8.98 Å². The van der Waals surface area contributed by atoms with Crippen molar-refractivity contribution >= 4 is 17.9 Å². The zero-order valence-electron chi connectivity index (χ0n) is 9.31. The quantitative estimate of drug-likeness (QED) is 0.662. The van der Waals surface area contributed by atoms with Gasteiger partial charge in [0.1, 0.15) is 6.61 Å². The molecule has 0 aromatic carbocycles. The molecule has 2 rings (SSSR count). The number of likely N-dealkylation sites (N-methyl/N-ethyl adjacent to an activating group) is 1. The van der Waals surface area contributed by atoms with Crippen molar-refractivity contribution in [1.29, 1.82) is 0 Å². The SMILES string of the molecule is CCN1CC2CC1CN2C(=O)COSC. The molecule has 2 unspecified atom stereocenters. The molecule has 2 bridgehead atoms. The molecule has 86 valence electrons. The maximum Gasteiger partial charge on any atom is 0.250 e. The Morgan fingerprint density at radius 1 is 1.47 bits per heavy atom. The molecule has 0 aromatic heterocycles. The first-order valence-corrected chi connectivity index (χ1v) is 6.60. The molecule has 2 aliphatic heterocycles. The molecule has 5 heteroatoms. The Kier molecular flexibility index (Phi) is 3.53. The number of carbonyl (C=O) groups excluding carboxylic acids is 1. The van der Waals surface area contributed by atoms with Crippen molar-refractivity contribution in [3.8, 4) is 0 Å². The van der Waals surface area contributed by atoms with E-state index >= 15 is 0 Å². The van der Waals surface area contributed by atoms with Gasteiger partial charge in [-0.15, -0.1) is 0 Å². The maximum atomic E-state index is 11.8. The molecule has 1 amide bonds. The van der Waals surface area contributed by atoms with Gasteiger partial charge in [0.25, 0.3) is 0 Å². The van der Waals surface area contributed by atoms with Gasteiger partial charge in [-0.05, 0) is 25.0 Å². The summed E-state index contributed by atoms with van der Waals surface area (Å²) in [7, 11) is 0. The van der Waals surface area contributed by atoms with Gasteiger partial charge in [-0.25, -0.2) is 0 Å². The molecule has 2 saturated heterocycles. The number of amides is 1. The van der Waals surface area contributed by atoms with E-state index in [0.717, 1.165) is 26.1 Å². The Morgan fingerprint density at radius 3 is 2.80 bits per heavy atom. The molecule has 0 aliphatic carbocycles. The van der Waals surface area contributed by atoms with E-state index in [1.165, 1.54) is 12.0 Å². The van der Waals surface area contributed by atoms with Gasteiger partial charge in [0.15, 0.2) is 0 Å². The number of likely N-dealkylation sites (tertiary alicyclic amines) is 2. The third-order valence-corrected chi connectivity index (χ3v) is 3.73. The normalized spacial score (nSPS) is 30.1. The van der Waals surface area contributed by atoms with Crippen LogP contribution in [0, 0.1) is 0 Å². The van der Waals surface area contributed by atoms with Crippen LogP contribution >= 0.6 is 12.0 Å². The number of fused-ring (bicyclic) bond motifs is 2. The molecule has 2 heterocycles. The van der Waals surface area contributed by atoms with Crippen LogP contribution in [0.4, 0.5) is 0 Å². The van der Waals surface area contributed by atoms with Gasteiger partial charge in [-0.1, -0.05) is 6.92 Å². The lowest BCUT2D eigenvalue weighted by Gasteiger charge is -2.33. The van der Waals surface area contributed by atoms with E-state index in [1.54, 1.807) is 0 Å². The highest BCUT2D eigenvalue weighted by atomic mass is 32.2. The van der Waals surface area contributed by atoms with Gasteiger partial charge in [-0.2, -0.15) is 0 Å². The number of carbonyl (C=O) groups is 1. The van der Waals surface area contributed by atoms with Crippen molar-refractivity contribution in [2.45, 2.75) is 25.4 Å².